The highest BCUT2D eigenvalue weighted by Crippen LogP contribution is 2.06. The van der Waals surface area contributed by atoms with Gasteiger partial charge < -0.3 is 5.73 Å². The van der Waals surface area contributed by atoms with Gasteiger partial charge in [0, 0.05) is 6.20 Å². The number of azo groups is 1. The van der Waals surface area contributed by atoms with E-state index in [0.29, 0.717) is 0 Å². The Morgan fingerprint density at radius 1 is 1.70 bits per heavy atom. The Kier molecular flexibility index (Phi) is 1.57. The fourth-order valence-corrected chi connectivity index (χ4v) is 0.576. The maximum atomic E-state index is 10.6. The van der Waals surface area contributed by atoms with E-state index in [1.54, 1.807) is 0 Å². The van der Waals surface area contributed by atoms with Crippen LogP contribution < -0.4 is 5.73 Å². The van der Waals surface area contributed by atoms with Crippen molar-refractivity contribution in [2.24, 2.45) is 21.9 Å². The number of primary amides is 1. The van der Waals surface area contributed by atoms with E-state index in [-0.39, 0.29) is 0 Å². The van der Waals surface area contributed by atoms with E-state index in [1.807, 2.05) is 0 Å². The second-order valence-corrected chi connectivity index (χ2v) is 1.78. The standard InChI is InChI=1S/C5H5N3O2/c6-4(9)3-1-2-7-8-5(3)10/h1-3H,(H2,6,9). The molecule has 2 N–H and O–H groups in total. The van der Waals surface area contributed by atoms with E-state index >= 15 is 0 Å². The second-order valence-electron chi connectivity index (χ2n) is 1.78. The predicted octanol–water partition coefficient (Wildman–Crippen LogP) is -0.406. The van der Waals surface area contributed by atoms with Gasteiger partial charge in [0.15, 0.2) is 0 Å². The van der Waals surface area contributed by atoms with Crippen molar-refractivity contribution in [3.63, 3.8) is 0 Å². The second kappa shape index (κ2) is 2.38. The molecule has 0 aromatic rings. The Hall–Kier alpha value is -1.52. The van der Waals surface area contributed by atoms with Crippen molar-refractivity contribution < 1.29 is 9.59 Å². The Labute approximate surface area is 56.6 Å². The highest BCUT2D eigenvalue weighted by atomic mass is 16.2. The average Bonchev–Trinajstić information content (AvgIpc) is 1.88. The Bertz CT molecular complexity index is 231. The maximum absolute atomic E-state index is 10.6. The zero-order valence-electron chi connectivity index (χ0n) is 5.02. The van der Waals surface area contributed by atoms with Crippen molar-refractivity contribution in [1.82, 2.24) is 0 Å². The molecule has 0 bridgehead atoms. The molecule has 1 heterocycles. The maximum Gasteiger partial charge on any atom is 0.280 e. The first kappa shape index (κ1) is 6.60. The summed E-state index contributed by atoms with van der Waals surface area (Å²) in [7, 11) is 0. The van der Waals surface area contributed by atoms with Crippen LogP contribution in [0.3, 0.4) is 0 Å². The first-order valence-electron chi connectivity index (χ1n) is 2.62. The van der Waals surface area contributed by atoms with Gasteiger partial charge in [0.05, 0.1) is 0 Å². The van der Waals surface area contributed by atoms with Crippen LogP contribution in [0, 0.1) is 5.92 Å². The quantitative estimate of drug-likeness (QED) is 0.501. The lowest BCUT2D eigenvalue weighted by Gasteiger charge is -2.03. The first-order valence-corrected chi connectivity index (χ1v) is 2.62. The molecule has 5 nitrogen and oxygen atoms in total. The van der Waals surface area contributed by atoms with E-state index in [4.69, 9.17) is 5.73 Å². The molecule has 0 radical (unpaired) electrons. The summed E-state index contributed by atoms with van der Waals surface area (Å²) in [6, 6.07) is 0. The molecule has 2 amide bonds. The lowest BCUT2D eigenvalue weighted by molar-refractivity contribution is -0.129. The van der Waals surface area contributed by atoms with Crippen LogP contribution in [0.25, 0.3) is 0 Å². The fraction of sp³-hybridized carbons (Fsp3) is 0.200. The highest BCUT2D eigenvalue weighted by Gasteiger charge is 2.22. The van der Waals surface area contributed by atoms with Crippen LogP contribution in [0.5, 0.6) is 0 Å². The van der Waals surface area contributed by atoms with Gasteiger partial charge in [-0.25, -0.2) is 0 Å². The SMILES string of the molecule is NC(=O)C1C=CN=NC1=O. The number of nitrogens with two attached hydrogens (primary N) is 1. The third-order valence-electron chi connectivity index (χ3n) is 1.07. The molecule has 1 aliphatic heterocycles. The molecule has 1 aliphatic rings. The van der Waals surface area contributed by atoms with Gasteiger partial charge in [0.1, 0.15) is 5.92 Å². The minimum Gasteiger partial charge on any atom is -0.369 e. The van der Waals surface area contributed by atoms with E-state index < -0.39 is 17.7 Å². The zero-order valence-corrected chi connectivity index (χ0v) is 5.02. The van der Waals surface area contributed by atoms with Gasteiger partial charge in [-0.15, -0.1) is 5.11 Å². The van der Waals surface area contributed by atoms with Gasteiger partial charge in [0.2, 0.25) is 5.91 Å². The van der Waals surface area contributed by atoms with Crippen LogP contribution in [0.2, 0.25) is 0 Å². The summed E-state index contributed by atoms with van der Waals surface area (Å²) in [5, 5.41) is 6.41. The molecule has 1 rings (SSSR count). The summed E-state index contributed by atoms with van der Waals surface area (Å²) >= 11 is 0. The van der Waals surface area contributed by atoms with Crippen molar-refractivity contribution in [2.75, 3.05) is 0 Å². The molecule has 0 aliphatic carbocycles. The molecule has 1 atom stereocenters. The molecule has 1 unspecified atom stereocenters. The van der Waals surface area contributed by atoms with Crippen molar-refractivity contribution in [2.45, 2.75) is 0 Å². The number of hydrogen-bond donors (Lipinski definition) is 1. The molecule has 0 aromatic carbocycles. The van der Waals surface area contributed by atoms with Crippen LogP contribution in [0.4, 0.5) is 0 Å². The zero-order chi connectivity index (χ0) is 7.56. The lowest BCUT2D eigenvalue weighted by atomic mass is 10.1. The van der Waals surface area contributed by atoms with Gasteiger partial charge in [-0.05, 0) is 6.08 Å². The predicted molar refractivity (Wildman–Crippen MR) is 31.7 cm³/mol. The first-order chi connectivity index (χ1) is 4.72. The van der Waals surface area contributed by atoms with Crippen molar-refractivity contribution >= 4 is 11.8 Å². The third kappa shape index (κ3) is 1.07. The Balaban J connectivity index is 2.80. The summed E-state index contributed by atoms with van der Waals surface area (Å²) in [6.07, 6.45) is 2.59. The molecular formula is C5H5N3O2. The smallest absolute Gasteiger partial charge is 0.280 e. The topological polar surface area (TPSA) is 84.9 Å². The number of hydrogen-bond acceptors (Lipinski definition) is 3. The largest absolute Gasteiger partial charge is 0.369 e. The molecule has 0 saturated heterocycles. The lowest BCUT2D eigenvalue weighted by Crippen LogP contribution is -2.28. The summed E-state index contributed by atoms with van der Waals surface area (Å²) in [6.45, 7) is 0. The van der Waals surface area contributed by atoms with Crippen molar-refractivity contribution in [1.29, 1.82) is 0 Å². The number of carbonyl (C=O) groups is 2. The summed E-state index contributed by atoms with van der Waals surface area (Å²) in [4.78, 5) is 21.0. The number of carbonyl (C=O) groups excluding carboxylic acids is 2. The molecule has 5 heteroatoms. The molecule has 52 valence electrons. The van der Waals surface area contributed by atoms with E-state index in [9.17, 15) is 9.59 Å². The van der Waals surface area contributed by atoms with E-state index in [1.165, 1.54) is 12.3 Å². The Morgan fingerprint density at radius 3 is 2.80 bits per heavy atom. The van der Waals surface area contributed by atoms with Crippen LogP contribution in [0.15, 0.2) is 22.5 Å². The summed E-state index contributed by atoms with van der Waals surface area (Å²) in [5.74, 6) is -2.22. The highest BCUT2D eigenvalue weighted by molar-refractivity contribution is 6.02. The summed E-state index contributed by atoms with van der Waals surface area (Å²) < 4.78 is 0. The van der Waals surface area contributed by atoms with Crippen molar-refractivity contribution in [3.05, 3.63) is 12.3 Å². The van der Waals surface area contributed by atoms with Crippen LogP contribution in [0.1, 0.15) is 0 Å². The number of amides is 2. The van der Waals surface area contributed by atoms with Crippen molar-refractivity contribution in [3.8, 4) is 0 Å². The molecular weight excluding hydrogens is 134 g/mol. The van der Waals surface area contributed by atoms with Crippen LogP contribution in [-0.4, -0.2) is 11.8 Å². The number of rotatable bonds is 1. The van der Waals surface area contributed by atoms with Gasteiger partial charge in [0.25, 0.3) is 5.91 Å². The van der Waals surface area contributed by atoms with E-state index in [2.05, 4.69) is 10.2 Å². The minimum absolute atomic E-state index is 0.602. The fourth-order valence-electron chi connectivity index (χ4n) is 0.576. The molecule has 0 spiro atoms. The normalized spacial score (nSPS) is 23.2. The average molecular weight is 139 g/mol. The molecule has 0 fully saturated rings. The number of nitrogens with zero attached hydrogens (tertiary/aromatic N) is 2. The van der Waals surface area contributed by atoms with E-state index in [0.717, 1.165) is 0 Å². The monoisotopic (exact) mass is 139 g/mol. The molecule has 0 aromatic heterocycles. The Morgan fingerprint density at radius 2 is 2.40 bits per heavy atom. The van der Waals surface area contributed by atoms with Gasteiger partial charge in [-0.2, -0.15) is 5.11 Å². The van der Waals surface area contributed by atoms with Crippen LogP contribution in [-0.2, 0) is 9.59 Å². The minimum atomic E-state index is -0.919. The van der Waals surface area contributed by atoms with Crippen LogP contribution >= 0.6 is 0 Å². The third-order valence-corrected chi connectivity index (χ3v) is 1.07. The van der Waals surface area contributed by atoms with Gasteiger partial charge in [-0.1, -0.05) is 0 Å². The molecule has 10 heavy (non-hydrogen) atoms. The summed E-state index contributed by atoms with van der Waals surface area (Å²) in [5.41, 5.74) is 4.84. The van der Waals surface area contributed by atoms with Gasteiger partial charge >= 0.3 is 0 Å². The molecule has 0 saturated carbocycles. The van der Waals surface area contributed by atoms with Gasteiger partial charge in [-0.3, -0.25) is 9.59 Å².